The zero-order valence-electron chi connectivity index (χ0n) is 14.6. The summed E-state index contributed by atoms with van der Waals surface area (Å²) in [6.07, 6.45) is 1.33. The van der Waals surface area contributed by atoms with E-state index in [4.69, 9.17) is 16.1 Å². The number of carbonyl (C=O) groups excluding carboxylic acids is 1. The van der Waals surface area contributed by atoms with Crippen LogP contribution in [-0.4, -0.2) is 10.9 Å². The zero-order chi connectivity index (χ0) is 17.7. The lowest BCUT2D eigenvalue weighted by atomic mass is 9.71. The quantitative estimate of drug-likeness (QED) is 0.803. The van der Waals surface area contributed by atoms with Crippen molar-refractivity contribution in [2.24, 2.45) is 5.92 Å². The number of nitrogens with one attached hydrogen (secondary N) is 1. The van der Waals surface area contributed by atoms with Gasteiger partial charge < -0.3 is 9.84 Å². The number of Topliss-reactive ketones (excluding diaryl/α,β-unsaturated/α-hetero) is 1. The second kappa shape index (κ2) is 6.03. The average Bonchev–Trinajstić information content (AvgIpc) is 2.94. The Balaban J connectivity index is 1.74. The zero-order valence-corrected chi connectivity index (χ0v) is 15.4. The molecule has 4 rings (SSSR count). The molecular formula is C20H21ClN2O2. The van der Waals surface area contributed by atoms with E-state index in [1.807, 2.05) is 31.2 Å². The molecule has 0 saturated carbocycles. The fourth-order valence-corrected chi connectivity index (χ4v) is 4.29. The Morgan fingerprint density at radius 1 is 1.24 bits per heavy atom. The summed E-state index contributed by atoms with van der Waals surface area (Å²) < 4.78 is 5.48. The van der Waals surface area contributed by atoms with Gasteiger partial charge in [-0.2, -0.15) is 0 Å². The molecule has 0 bridgehead atoms. The first-order valence-corrected chi connectivity index (χ1v) is 9.08. The Morgan fingerprint density at radius 3 is 2.64 bits per heavy atom. The summed E-state index contributed by atoms with van der Waals surface area (Å²) in [5.41, 5.74) is 4.94. The third-order valence-corrected chi connectivity index (χ3v) is 5.56. The number of ketones is 1. The van der Waals surface area contributed by atoms with Crippen LogP contribution in [0.4, 0.5) is 5.88 Å². The molecule has 5 heteroatoms. The van der Waals surface area contributed by atoms with Crippen molar-refractivity contribution in [2.45, 2.75) is 45.4 Å². The predicted molar refractivity (Wildman–Crippen MR) is 97.9 cm³/mol. The van der Waals surface area contributed by atoms with Gasteiger partial charge in [0.1, 0.15) is 0 Å². The van der Waals surface area contributed by atoms with Gasteiger partial charge in [0.25, 0.3) is 0 Å². The van der Waals surface area contributed by atoms with Crippen molar-refractivity contribution in [3.63, 3.8) is 0 Å². The Kier molecular flexibility index (Phi) is 3.95. The Hall–Kier alpha value is -2.07. The molecule has 130 valence electrons. The molecular weight excluding hydrogens is 336 g/mol. The lowest BCUT2D eigenvalue weighted by molar-refractivity contribution is -0.116. The first-order chi connectivity index (χ1) is 12.0. The van der Waals surface area contributed by atoms with E-state index in [0.717, 1.165) is 34.5 Å². The number of halogens is 1. The van der Waals surface area contributed by atoms with Gasteiger partial charge in [0.2, 0.25) is 5.88 Å². The number of aryl methyl sites for hydroxylation is 1. The van der Waals surface area contributed by atoms with Crippen molar-refractivity contribution in [1.29, 1.82) is 0 Å². The molecule has 0 amide bonds. The smallest absolute Gasteiger partial charge is 0.232 e. The minimum atomic E-state index is 0.0520. The number of anilines is 1. The summed E-state index contributed by atoms with van der Waals surface area (Å²) in [6, 6.07) is 7.79. The highest BCUT2D eigenvalue weighted by atomic mass is 35.5. The summed E-state index contributed by atoms with van der Waals surface area (Å²) in [5, 5.41) is 8.17. The summed E-state index contributed by atoms with van der Waals surface area (Å²) in [6.45, 7) is 6.24. The van der Waals surface area contributed by atoms with E-state index in [9.17, 15) is 4.79 Å². The third kappa shape index (κ3) is 2.69. The molecule has 0 fully saturated rings. The van der Waals surface area contributed by atoms with E-state index in [1.165, 1.54) is 0 Å². The summed E-state index contributed by atoms with van der Waals surface area (Å²) in [7, 11) is 0. The number of carbonyl (C=O) groups is 1. The van der Waals surface area contributed by atoms with Gasteiger partial charge in [-0.3, -0.25) is 4.79 Å². The maximum atomic E-state index is 13.1. The number of hydrogen-bond donors (Lipinski definition) is 1. The number of aromatic nitrogens is 1. The van der Waals surface area contributed by atoms with Crippen LogP contribution < -0.4 is 5.32 Å². The molecule has 1 aromatic carbocycles. The van der Waals surface area contributed by atoms with Crippen LogP contribution in [0.5, 0.6) is 0 Å². The highest BCUT2D eigenvalue weighted by Crippen LogP contribution is 2.49. The van der Waals surface area contributed by atoms with Gasteiger partial charge >= 0.3 is 0 Å². The van der Waals surface area contributed by atoms with Crippen LogP contribution in [0.25, 0.3) is 0 Å². The molecule has 1 N–H and O–H groups in total. The molecule has 25 heavy (non-hydrogen) atoms. The number of rotatable bonds is 2. The van der Waals surface area contributed by atoms with Crippen molar-refractivity contribution < 1.29 is 9.32 Å². The van der Waals surface area contributed by atoms with E-state index in [1.54, 1.807) is 0 Å². The van der Waals surface area contributed by atoms with Gasteiger partial charge in [-0.15, -0.1) is 0 Å². The summed E-state index contributed by atoms with van der Waals surface area (Å²) in [4.78, 5) is 13.1. The Morgan fingerprint density at radius 2 is 1.96 bits per heavy atom. The first-order valence-electron chi connectivity index (χ1n) is 8.70. The molecule has 2 unspecified atom stereocenters. The highest BCUT2D eigenvalue weighted by molar-refractivity contribution is 6.30. The molecule has 2 aliphatic rings. The van der Waals surface area contributed by atoms with Crippen molar-refractivity contribution in [3.05, 3.63) is 57.4 Å². The van der Waals surface area contributed by atoms with Crippen LogP contribution in [-0.2, 0) is 4.79 Å². The molecule has 0 spiro atoms. The SMILES string of the molecule is Cc1noc2c1C(C(C)C)C1=C(CC(c3ccc(Cl)cc3)CC1=O)N2. The van der Waals surface area contributed by atoms with Crippen molar-refractivity contribution in [1.82, 2.24) is 5.16 Å². The van der Waals surface area contributed by atoms with Crippen molar-refractivity contribution >= 4 is 23.3 Å². The number of benzene rings is 1. The number of fused-ring (bicyclic) bond motifs is 1. The molecule has 1 aromatic heterocycles. The Bertz CT molecular complexity index is 864. The highest BCUT2D eigenvalue weighted by Gasteiger charge is 2.41. The first kappa shape index (κ1) is 16.4. The van der Waals surface area contributed by atoms with Crippen molar-refractivity contribution in [2.75, 3.05) is 5.32 Å². The maximum Gasteiger partial charge on any atom is 0.232 e. The molecule has 1 aliphatic heterocycles. The largest absolute Gasteiger partial charge is 0.338 e. The van der Waals surface area contributed by atoms with Crippen LogP contribution in [0.15, 0.2) is 40.1 Å². The lowest BCUT2D eigenvalue weighted by Gasteiger charge is -2.35. The molecule has 4 nitrogen and oxygen atoms in total. The van der Waals surface area contributed by atoms with Gasteiger partial charge in [0.05, 0.1) is 5.69 Å². The van der Waals surface area contributed by atoms with Crippen LogP contribution in [0.2, 0.25) is 5.02 Å². The summed E-state index contributed by atoms with van der Waals surface area (Å²) in [5.74, 6) is 1.43. The van der Waals surface area contributed by atoms with Crippen LogP contribution in [0, 0.1) is 12.8 Å². The van der Waals surface area contributed by atoms with E-state index < -0.39 is 0 Å². The Labute approximate surface area is 152 Å². The van der Waals surface area contributed by atoms with E-state index >= 15 is 0 Å². The molecule has 1 aliphatic carbocycles. The van der Waals surface area contributed by atoms with Gasteiger partial charge in [-0.05, 0) is 42.9 Å². The maximum absolute atomic E-state index is 13.1. The monoisotopic (exact) mass is 356 g/mol. The molecule has 0 saturated heterocycles. The minimum absolute atomic E-state index is 0.0520. The van der Waals surface area contributed by atoms with E-state index in [0.29, 0.717) is 23.2 Å². The standard InChI is InChI=1S/C20H21ClN2O2/c1-10(2)17-18-11(3)23-25-20(18)22-15-8-13(9-16(24)19(15)17)12-4-6-14(21)7-5-12/h4-7,10,13,17,22H,8-9H2,1-3H3. The van der Waals surface area contributed by atoms with Gasteiger partial charge in [-0.1, -0.05) is 42.7 Å². The third-order valence-electron chi connectivity index (χ3n) is 5.31. The number of nitrogens with zero attached hydrogens (tertiary/aromatic N) is 1. The van der Waals surface area contributed by atoms with Crippen molar-refractivity contribution in [3.8, 4) is 0 Å². The van der Waals surface area contributed by atoms with E-state index in [2.05, 4.69) is 24.3 Å². The molecule has 2 aromatic rings. The predicted octanol–water partition coefficient (Wildman–Crippen LogP) is 5.20. The topological polar surface area (TPSA) is 55.1 Å². The van der Waals surface area contributed by atoms with Gasteiger partial charge in [-0.25, -0.2) is 0 Å². The second-order valence-electron chi connectivity index (χ2n) is 7.33. The minimum Gasteiger partial charge on any atom is -0.338 e. The lowest BCUT2D eigenvalue weighted by Crippen LogP contribution is -2.31. The van der Waals surface area contributed by atoms with E-state index in [-0.39, 0.29) is 17.6 Å². The van der Waals surface area contributed by atoms with Crippen LogP contribution in [0.1, 0.15) is 55.3 Å². The molecule has 2 atom stereocenters. The van der Waals surface area contributed by atoms with Gasteiger partial charge in [0.15, 0.2) is 5.78 Å². The van der Waals surface area contributed by atoms with Crippen LogP contribution in [0.3, 0.4) is 0 Å². The number of allylic oxidation sites excluding steroid dienone is 2. The van der Waals surface area contributed by atoms with Crippen LogP contribution >= 0.6 is 11.6 Å². The number of hydrogen-bond acceptors (Lipinski definition) is 4. The molecule has 2 heterocycles. The normalized spacial score (nSPS) is 22.7. The average molecular weight is 357 g/mol. The molecule has 0 radical (unpaired) electrons. The fourth-order valence-electron chi connectivity index (χ4n) is 4.16. The van der Waals surface area contributed by atoms with Gasteiger partial charge in [0, 0.05) is 34.2 Å². The fraction of sp³-hybridized carbons (Fsp3) is 0.400. The second-order valence-corrected chi connectivity index (χ2v) is 7.77. The summed E-state index contributed by atoms with van der Waals surface area (Å²) >= 11 is 5.99.